The molecule has 2 N–H and O–H groups in total. The molecule has 0 bridgehead atoms. The molecule has 0 radical (unpaired) electrons. The van der Waals surface area contributed by atoms with Crippen molar-refractivity contribution in [3.8, 4) is 5.69 Å². The van der Waals surface area contributed by atoms with Gasteiger partial charge in [0.05, 0.1) is 24.5 Å². The molecule has 0 aliphatic carbocycles. The van der Waals surface area contributed by atoms with Crippen LogP contribution in [-0.4, -0.2) is 50.0 Å². The van der Waals surface area contributed by atoms with E-state index in [0.29, 0.717) is 19.1 Å². The zero-order valence-corrected chi connectivity index (χ0v) is 12.5. The summed E-state index contributed by atoms with van der Waals surface area (Å²) >= 11 is 0. The standard InChI is InChI=1S/C15H15N7O/c1-23-5-4-16-15-17-8-13-14(20-15)22(9-18-13)11-2-3-12-10(6-11)7-19-21-12/h2-3,6-9H,4-5H2,1H3,(H,19,21)(H,16,17,20). The van der Waals surface area contributed by atoms with Crippen molar-refractivity contribution in [1.29, 1.82) is 0 Å². The van der Waals surface area contributed by atoms with Gasteiger partial charge in [-0.1, -0.05) is 0 Å². The molecule has 4 aromatic rings. The highest BCUT2D eigenvalue weighted by molar-refractivity contribution is 5.81. The maximum absolute atomic E-state index is 5.02. The Bertz CT molecular complexity index is 959. The van der Waals surface area contributed by atoms with E-state index >= 15 is 0 Å². The van der Waals surface area contributed by atoms with Crippen molar-refractivity contribution in [2.45, 2.75) is 0 Å². The van der Waals surface area contributed by atoms with E-state index in [2.05, 4.69) is 30.5 Å². The average molecular weight is 309 g/mol. The van der Waals surface area contributed by atoms with E-state index in [9.17, 15) is 0 Å². The Hall–Kier alpha value is -3.00. The Morgan fingerprint density at radius 2 is 2.22 bits per heavy atom. The number of ether oxygens (including phenoxy) is 1. The van der Waals surface area contributed by atoms with Gasteiger partial charge in [-0.25, -0.2) is 9.97 Å². The minimum atomic E-state index is 0.556. The van der Waals surface area contributed by atoms with Crippen LogP contribution in [-0.2, 0) is 4.74 Å². The molecule has 0 saturated carbocycles. The van der Waals surface area contributed by atoms with Crippen LogP contribution in [0.25, 0.3) is 27.8 Å². The Morgan fingerprint density at radius 3 is 3.13 bits per heavy atom. The lowest BCUT2D eigenvalue weighted by atomic mass is 10.2. The number of hydrogen-bond acceptors (Lipinski definition) is 6. The minimum absolute atomic E-state index is 0.556. The Kier molecular flexibility index (Phi) is 3.35. The number of nitrogens with zero attached hydrogens (tertiary/aromatic N) is 5. The summed E-state index contributed by atoms with van der Waals surface area (Å²) in [5.41, 5.74) is 3.47. The molecule has 8 heteroatoms. The van der Waals surface area contributed by atoms with Crippen LogP contribution in [0.1, 0.15) is 0 Å². The Labute approximate surface area is 131 Å². The molecular weight excluding hydrogens is 294 g/mol. The first-order valence-electron chi connectivity index (χ1n) is 7.21. The first-order valence-corrected chi connectivity index (χ1v) is 7.21. The maximum atomic E-state index is 5.02. The number of imidazole rings is 1. The van der Waals surface area contributed by atoms with E-state index in [1.165, 1.54) is 0 Å². The van der Waals surface area contributed by atoms with Crippen LogP contribution in [0.2, 0.25) is 0 Å². The summed E-state index contributed by atoms with van der Waals surface area (Å²) in [7, 11) is 1.66. The molecule has 116 valence electrons. The van der Waals surface area contributed by atoms with Crippen molar-refractivity contribution >= 4 is 28.0 Å². The second kappa shape index (κ2) is 5.65. The van der Waals surface area contributed by atoms with E-state index < -0.39 is 0 Å². The Balaban J connectivity index is 1.75. The summed E-state index contributed by atoms with van der Waals surface area (Å²) in [4.78, 5) is 13.2. The van der Waals surface area contributed by atoms with Crippen molar-refractivity contribution in [3.63, 3.8) is 0 Å². The van der Waals surface area contributed by atoms with Gasteiger partial charge >= 0.3 is 0 Å². The van der Waals surface area contributed by atoms with Crippen LogP contribution >= 0.6 is 0 Å². The molecule has 0 aliphatic heterocycles. The molecule has 0 amide bonds. The van der Waals surface area contributed by atoms with Gasteiger partial charge in [0.15, 0.2) is 5.65 Å². The third-order valence-electron chi connectivity index (χ3n) is 3.58. The summed E-state index contributed by atoms with van der Waals surface area (Å²) < 4.78 is 6.95. The molecule has 0 fully saturated rings. The van der Waals surface area contributed by atoms with Gasteiger partial charge in [-0.15, -0.1) is 0 Å². The number of anilines is 1. The maximum Gasteiger partial charge on any atom is 0.224 e. The predicted octanol–water partition coefficient (Wildman–Crippen LogP) is 1.75. The van der Waals surface area contributed by atoms with Crippen LogP contribution in [0.15, 0.2) is 36.9 Å². The van der Waals surface area contributed by atoms with Crippen LogP contribution in [0.3, 0.4) is 0 Å². The SMILES string of the molecule is COCCNc1ncc2ncn(-c3ccc4[nH]ncc4c3)c2n1. The fourth-order valence-corrected chi connectivity index (χ4v) is 2.43. The quantitative estimate of drug-likeness (QED) is 0.546. The number of H-pyrrole nitrogens is 1. The first kappa shape index (κ1) is 13.6. The largest absolute Gasteiger partial charge is 0.383 e. The van der Waals surface area contributed by atoms with Gasteiger partial charge in [0.25, 0.3) is 0 Å². The smallest absolute Gasteiger partial charge is 0.224 e. The summed E-state index contributed by atoms with van der Waals surface area (Å²) in [5.74, 6) is 0.556. The van der Waals surface area contributed by atoms with Gasteiger partial charge in [-0.05, 0) is 18.2 Å². The second-order valence-electron chi connectivity index (χ2n) is 5.08. The van der Waals surface area contributed by atoms with E-state index in [1.54, 1.807) is 25.8 Å². The molecule has 3 heterocycles. The van der Waals surface area contributed by atoms with Gasteiger partial charge in [-0.2, -0.15) is 10.1 Å². The lowest BCUT2D eigenvalue weighted by molar-refractivity contribution is 0.210. The highest BCUT2D eigenvalue weighted by Gasteiger charge is 2.09. The van der Waals surface area contributed by atoms with E-state index in [0.717, 1.165) is 27.8 Å². The first-order chi connectivity index (χ1) is 11.3. The third-order valence-corrected chi connectivity index (χ3v) is 3.58. The van der Waals surface area contributed by atoms with Gasteiger partial charge in [0.2, 0.25) is 5.95 Å². The summed E-state index contributed by atoms with van der Waals surface area (Å²) in [6, 6.07) is 6.03. The normalized spacial score (nSPS) is 11.3. The van der Waals surface area contributed by atoms with Crippen molar-refractivity contribution < 1.29 is 4.74 Å². The van der Waals surface area contributed by atoms with Gasteiger partial charge in [-0.3, -0.25) is 9.67 Å². The molecule has 1 aromatic carbocycles. The lowest BCUT2D eigenvalue weighted by Crippen LogP contribution is -2.10. The van der Waals surface area contributed by atoms with E-state index in [4.69, 9.17) is 4.74 Å². The molecule has 0 saturated heterocycles. The summed E-state index contributed by atoms with van der Waals surface area (Å²) in [5, 5.41) is 11.2. The van der Waals surface area contributed by atoms with Gasteiger partial charge in [0, 0.05) is 24.7 Å². The zero-order valence-electron chi connectivity index (χ0n) is 12.5. The summed E-state index contributed by atoms with van der Waals surface area (Å²) in [6.45, 7) is 1.24. The second-order valence-corrected chi connectivity index (χ2v) is 5.08. The molecule has 8 nitrogen and oxygen atoms in total. The van der Waals surface area contributed by atoms with E-state index in [1.807, 2.05) is 22.8 Å². The number of benzene rings is 1. The highest BCUT2D eigenvalue weighted by atomic mass is 16.5. The average Bonchev–Trinajstić information content (AvgIpc) is 3.20. The zero-order chi connectivity index (χ0) is 15.6. The number of hydrogen-bond donors (Lipinski definition) is 2. The monoisotopic (exact) mass is 309 g/mol. The highest BCUT2D eigenvalue weighted by Crippen LogP contribution is 2.20. The predicted molar refractivity (Wildman–Crippen MR) is 86.7 cm³/mol. The minimum Gasteiger partial charge on any atom is -0.383 e. The van der Waals surface area contributed by atoms with Gasteiger partial charge in [0.1, 0.15) is 11.8 Å². The number of fused-ring (bicyclic) bond motifs is 2. The fraction of sp³-hybridized carbons (Fsp3) is 0.200. The Morgan fingerprint density at radius 1 is 1.26 bits per heavy atom. The molecule has 23 heavy (non-hydrogen) atoms. The molecule has 0 aliphatic rings. The van der Waals surface area contributed by atoms with Crippen molar-refractivity contribution in [3.05, 3.63) is 36.9 Å². The molecule has 0 atom stereocenters. The number of methoxy groups -OCH3 is 1. The van der Waals surface area contributed by atoms with Crippen LogP contribution in [0, 0.1) is 0 Å². The number of aromatic amines is 1. The van der Waals surface area contributed by atoms with Crippen molar-refractivity contribution in [2.24, 2.45) is 0 Å². The lowest BCUT2D eigenvalue weighted by Gasteiger charge is -2.06. The van der Waals surface area contributed by atoms with Crippen molar-refractivity contribution in [2.75, 3.05) is 25.6 Å². The summed E-state index contributed by atoms with van der Waals surface area (Å²) in [6.07, 6.45) is 5.26. The van der Waals surface area contributed by atoms with E-state index in [-0.39, 0.29) is 0 Å². The van der Waals surface area contributed by atoms with Gasteiger partial charge < -0.3 is 10.1 Å². The fourth-order valence-electron chi connectivity index (χ4n) is 2.43. The van der Waals surface area contributed by atoms with Crippen LogP contribution < -0.4 is 5.32 Å². The topological polar surface area (TPSA) is 93.5 Å². The molecule has 0 spiro atoms. The number of aromatic nitrogens is 6. The van der Waals surface area contributed by atoms with Crippen LogP contribution in [0.4, 0.5) is 5.95 Å². The molecule has 4 rings (SSSR count). The molecule has 3 aromatic heterocycles. The van der Waals surface area contributed by atoms with Crippen molar-refractivity contribution in [1.82, 2.24) is 29.7 Å². The number of nitrogens with one attached hydrogen (secondary N) is 2. The van der Waals surface area contributed by atoms with Crippen LogP contribution in [0.5, 0.6) is 0 Å². The molecular formula is C15H15N7O. The number of rotatable bonds is 5. The molecule has 0 unspecified atom stereocenters. The third kappa shape index (κ3) is 2.49.